The molecule has 1 aliphatic heterocycles. The van der Waals surface area contributed by atoms with Crippen LogP contribution >= 0.6 is 11.6 Å². The summed E-state index contributed by atoms with van der Waals surface area (Å²) < 4.78 is 2.04. The molecule has 18 heavy (non-hydrogen) atoms. The first-order chi connectivity index (χ1) is 8.59. The van der Waals surface area contributed by atoms with E-state index >= 15 is 0 Å². The fourth-order valence-electron chi connectivity index (χ4n) is 2.53. The second kappa shape index (κ2) is 6.04. The number of aryl methyl sites for hydroxylation is 1. The third-order valence-electron chi connectivity index (χ3n) is 3.73. The van der Waals surface area contributed by atoms with Crippen LogP contribution in [0.5, 0.6) is 0 Å². The van der Waals surface area contributed by atoms with E-state index in [0.29, 0.717) is 6.04 Å². The molecule has 0 radical (unpaired) electrons. The first-order valence-electron chi connectivity index (χ1n) is 6.74. The van der Waals surface area contributed by atoms with Gasteiger partial charge in [0, 0.05) is 19.1 Å². The summed E-state index contributed by atoms with van der Waals surface area (Å²) >= 11 is 6.19. The Bertz CT molecular complexity index is 394. The maximum absolute atomic E-state index is 6.19. The topological polar surface area (TPSA) is 33.1 Å². The predicted molar refractivity (Wildman–Crippen MR) is 75.2 cm³/mol. The molecule has 1 N–H and O–H groups in total. The molecular formula is C13H23ClN4. The number of hydrogen-bond donors (Lipinski definition) is 1. The highest BCUT2D eigenvalue weighted by Gasteiger charge is 2.18. The summed E-state index contributed by atoms with van der Waals surface area (Å²) in [6.07, 6.45) is 1.22. The maximum Gasteiger partial charge on any atom is 0.0844 e. The molecule has 102 valence electrons. The molecule has 0 spiro atoms. The van der Waals surface area contributed by atoms with Crippen LogP contribution in [0.2, 0.25) is 5.02 Å². The van der Waals surface area contributed by atoms with Crippen LogP contribution in [0.3, 0.4) is 0 Å². The second-order valence-corrected chi connectivity index (χ2v) is 5.53. The van der Waals surface area contributed by atoms with Gasteiger partial charge in [0.2, 0.25) is 0 Å². The first kappa shape index (κ1) is 13.8. The van der Waals surface area contributed by atoms with E-state index in [9.17, 15) is 0 Å². The Morgan fingerprint density at radius 2 is 2.11 bits per heavy atom. The number of nitrogens with zero attached hydrogens (tertiary/aromatic N) is 3. The molecule has 5 heteroatoms. The molecule has 2 rings (SSSR count). The number of hydrogen-bond acceptors (Lipinski definition) is 3. The molecule has 0 amide bonds. The summed E-state index contributed by atoms with van der Waals surface area (Å²) in [7, 11) is 0. The van der Waals surface area contributed by atoms with Gasteiger partial charge in [-0.25, -0.2) is 0 Å². The van der Waals surface area contributed by atoms with E-state index in [1.54, 1.807) is 0 Å². The van der Waals surface area contributed by atoms with Crippen LogP contribution in [0.15, 0.2) is 0 Å². The van der Waals surface area contributed by atoms with E-state index in [2.05, 4.69) is 22.2 Å². The molecular weight excluding hydrogens is 248 g/mol. The van der Waals surface area contributed by atoms with Crippen molar-refractivity contribution >= 4 is 11.6 Å². The molecule has 0 bridgehead atoms. The lowest BCUT2D eigenvalue weighted by atomic mass is 10.2. The molecule has 4 nitrogen and oxygen atoms in total. The van der Waals surface area contributed by atoms with Gasteiger partial charge in [-0.3, -0.25) is 9.58 Å². The van der Waals surface area contributed by atoms with E-state index < -0.39 is 0 Å². The van der Waals surface area contributed by atoms with Gasteiger partial charge in [0.25, 0.3) is 0 Å². The molecule has 0 saturated carbocycles. The lowest BCUT2D eigenvalue weighted by Gasteiger charge is -2.27. The van der Waals surface area contributed by atoms with Crippen molar-refractivity contribution in [2.75, 3.05) is 26.2 Å². The van der Waals surface area contributed by atoms with E-state index in [1.807, 2.05) is 18.5 Å². The van der Waals surface area contributed by atoms with E-state index in [-0.39, 0.29) is 0 Å². The Morgan fingerprint density at radius 1 is 1.33 bits per heavy atom. The zero-order valence-corrected chi connectivity index (χ0v) is 12.3. The van der Waals surface area contributed by atoms with Gasteiger partial charge >= 0.3 is 0 Å². The Balaban J connectivity index is 2.01. The van der Waals surface area contributed by atoms with Gasteiger partial charge in [-0.1, -0.05) is 11.6 Å². The van der Waals surface area contributed by atoms with Gasteiger partial charge in [-0.05, 0) is 40.3 Å². The summed E-state index contributed by atoms with van der Waals surface area (Å²) in [5.41, 5.74) is 2.01. The van der Waals surface area contributed by atoms with E-state index in [1.165, 1.54) is 13.0 Å². The molecule has 1 aromatic heterocycles. The van der Waals surface area contributed by atoms with E-state index in [4.69, 9.17) is 11.6 Å². The van der Waals surface area contributed by atoms with Crippen molar-refractivity contribution in [1.29, 1.82) is 0 Å². The number of rotatable bonds is 3. The Morgan fingerprint density at radius 3 is 2.78 bits per heavy atom. The highest BCUT2D eigenvalue weighted by atomic mass is 35.5. The average molecular weight is 271 g/mol. The van der Waals surface area contributed by atoms with Crippen LogP contribution in [-0.2, 0) is 6.54 Å². The minimum absolute atomic E-state index is 0.499. The SMILES string of the molecule is Cc1nn(C[C@@H](C)N2CCCNCC2)c(C)c1Cl. The van der Waals surface area contributed by atoms with Gasteiger partial charge in [0.15, 0.2) is 0 Å². The zero-order chi connectivity index (χ0) is 13.1. The monoisotopic (exact) mass is 270 g/mol. The third kappa shape index (κ3) is 3.05. The minimum atomic E-state index is 0.499. The Kier molecular flexibility index (Phi) is 4.65. The molecule has 0 aromatic carbocycles. The van der Waals surface area contributed by atoms with Crippen LogP contribution in [0, 0.1) is 13.8 Å². The van der Waals surface area contributed by atoms with Crippen LogP contribution in [0.4, 0.5) is 0 Å². The van der Waals surface area contributed by atoms with Crippen molar-refractivity contribution < 1.29 is 0 Å². The maximum atomic E-state index is 6.19. The highest BCUT2D eigenvalue weighted by Crippen LogP contribution is 2.19. The quantitative estimate of drug-likeness (QED) is 0.910. The largest absolute Gasteiger partial charge is 0.315 e. The fraction of sp³-hybridized carbons (Fsp3) is 0.769. The van der Waals surface area contributed by atoms with Crippen molar-refractivity contribution in [3.63, 3.8) is 0 Å². The van der Waals surface area contributed by atoms with Gasteiger partial charge in [0.05, 0.1) is 23.0 Å². The van der Waals surface area contributed by atoms with Crippen molar-refractivity contribution in [3.05, 3.63) is 16.4 Å². The molecule has 1 aliphatic rings. The number of nitrogens with one attached hydrogen (secondary N) is 1. The lowest BCUT2D eigenvalue weighted by Crippen LogP contribution is -2.39. The van der Waals surface area contributed by atoms with E-state index in [0.717, 1.165) is 42.6 Å². The summed E-state index contributed by atoms with van der Waals surface area (Å²) in [4.78, 5) is 2.53. The summed E-state index contributed by atoms with van der Waals surface area (Å²) in [5.74, 6) is 0. The second-order valence-electron chi connectivity index (χ2n) is 5.16. The normalized spacial score (nSPS) is 19.8. The molecule has 1 fully saturated rings. The zero-order valence-electron chi connectivity index (χ0n) is 11.5. The van der Waals surface area contributed by atoms with Crippen LogP contribution < -0.4 is 5.32 Å². The van der Waals surface area contributed by atoms with Crippen molar-refractivity contribution in [2.45, 2.75) is 39.8 Å². The average Bonchev–Trinajstić information content (AvgIpc) is 2.59. The van der Waals surface area contributed by atoms with Gasteiger partial charge in [-0.2, -0.15) is 5.10 Å². The third-order valence-corrected chi connectivity index (χ3v) is 4.28. The van der Waals surface area contributed by atoms with Crippen molar-refractivity contribution in [3.8, 4) is 0 Å². The summed E-state index contributed by atoms with van der Waals surface area (Å²) in [5, 5.41) is 8.75. The predicted octanol–water partition coefficient (Wildman–Crippen LogP) is 1.84. The van der Waals surface area contributed by atoms with Crippen LogP contribution in [0.25, 0.3) is 0 Å². The van der Waals surface area contributed by atoms with Gasteiger partial charge < -0.3 is 5.32 Å². The van der Waals surface area contributed by atoms with Crippen LogP contribution in [-0.4, -0.2) is 46.9 Å². The fourth-order valence-corrected chi connectivity index (χ4v) is 2.66. The Labute approximate surface area is 114 Å². The van der Waals surface area contributed by atoms with Gasteiger partial charge in [-0.15, -0.1) is 0 Å². The highest BCUT2D eigenvalue weighted by molar-refractivity contribution is 6.31. The molecule has 1 atom stereocenters. The molecule has 2 heterocycles. The number of aromatic nitrogens is 2. The Hall–Kier alpha value is -0.580. The summed E-state index contributed by atoms with van der Waals surface area (Å²) in [6.45, 7) is 11.7. The molecule has 1 aromatic rings. The minimum Gasteiger partial charge on any atom is -0.315 e. The van der Waals surface area contributed by atoms with Crippen molar-refractivity contribution in [1.82, 2.24) is 20.0 Å². The first-order valence-corrected chi connectivity index (χ1v) is 7.11. The van der Waals surface area contributed by atoms with Crippen LogP contribution in [0.1, 0.15) is 24.7 Å². The number of halogens is 1. The molecule has 0 aliphatic carbocycles. The summed E-state index contributed by atoms with van der Waals surface area (Å²) in [6, 6.07) is 0.499. The van der Waals surface area contributed by atoms with Crippen molar-refractivity contribution in [2.24, 2.45) is 0 Å². The van der Waals surface area contributed by atoms with Gasteiger partial charge in [0.1, 0.15) is 0 Å². The lowest BCUT2D eigenvalue weighted by molar-refractivity contribution is 0.198. The molecule has 1 saturated heterocycles. The smallest absolute Gasteiger partial charge is 0.0844 e. The standard InChI is InChI=1S/C13H23ClN4/c1-10(17-7-4-5-15-6-8-17)9-18-12(3)13(14)11(2)16-18/h10,15H,4-9H2,1-3H3/t10-/m1/s1. The molecule has 0 unspecified atom stereocenters.